The molecule has 0 amide bonds. The molecule has 2 heterocycles. The summed E-state index contributed by atoms with van der Waals surface area (Å²) in [5, 5.41) is 3.46. The molecule has 5 heteroatoms. The Hall–Kier alpha value is -1.49. The largest absolute Gasteiger partial charge is 0.476 e. The first-order chi connectivity index (χ1) is 8.63. The van der Waals surface area contributed by atoms with Crippen molar-refractivity contribution < 1.29 is 9.47 Å². The smallest absolute Gasteiger partial charge is 0.239 e. The van der Waals surface area contributed by atoms with E-state index in [1.54, 1.807) is 0 Å². The molecule has 100 valence electrons. The molecule has 0 spiro atoms. The van der Waals surface area contributed by atoms with Gasteiger partial charge in [0.05, 0.1) is 12.3 Å². The van der Waals surface area contributed by atoms with Gasteiger partial charge < -0.3 is 20.5 Å². The van der Waals surface area contributed by atoms with E-state index in [1.807, 2.05) is 19.1 Å². The highest BCUT2D eigenvalue weighted by atomic mass is 16.5. The summed E-state index contributed by atoms with van der Waals surface area (Å²) in [5.74, 6) is 1.30. The van der Waals surface area contributed by atoms with E-state index in [-0.39, 0.29) is 5.54 Å². The van der Waals surface area contributed by atoms with Crippen LogP contribution in [0.4, 0.5) is 11.5 Å². The standard InChI is InChI=1S/C13H21N3O2/c1-3-18-12-10(14)4-5-11(15-12)16-13(2)6-8-17-9-7-13/h4-5H,3,6-9,14H2,1-2H3,(H,15,16). The minimum atomic E-state index is 0.0326. The second-order valence-electron chi connectivity index (χ2n) is 4.82. The normalized spacial score (nSPS) is 18.3. The molecule has 18 heavy (non-hydrogen) atoms. The zero-order valence-corrected chi connectivity index (χ0v) is 11.0. The van der Waals surface area contributed by atoms with E-state index in [0.717, 1.165) is 31.9 Å². The van der Waals surface area contributed by atoms with Gasteiger partial charge in [0.1, 0.15) is 5.82 Å². The summed E-state index contributed by atoms with van der Waals surface area (Å²) in [4.78, 5) is 4.40. The molecule has 1 aliphatic heterocycles. The highest BCUT2D eigenvalue weighted by Crippen LogP contribution is 2.27. The Kier molecular flexibility index (Phi) is 3.91. The third-order valence-corrected chi connectivity index (χ3v) is 3.20. The molecule has 0 bridgehead atoms. The van der Waals surface area contributed by atoms with Crippen LogP contribution in [-0.4, -0.2) is 30.3 Å². The Morgan fingerprint density at radius 3 is 2.83 bits per heavy atom. The summed E-state index contributed by atoms with van der Waals surface area (Å²) in [5.41, 5.74) is 6.41. The van der Waals surface area contributed by atoms with Crippen LogP contribution in [0.2, 0.25) is 0 Å². The molecule has 0 unspecified atom stereocenters. The summed E-state index contributed by atoms with van der Waals surface area (Å²) >= 11 is 0. The van der Waals surface area contributed by atoms with E-state index in [1.165, 1.54) is 0 Å². The van der Waals surface area contributed by atoms with Gasteiger partial charge in [0, 0.05) is 18.8 Å². The maximum absolute atomic E-state index is 5.81. The quantitative estimate of drug-likeness (QED) is 0.857. The Morgan fingerprint density at radius 2 is 2.17 bits per heavy atom. The van der Waals surface area contributed by atoms with Crippen LogP contribution in [0.15, 0.2) is 12.1 Å². The lowest BCUT2D eigenvalue weighted by Crippen LogP contribution is -2.40. The van der Waals surface area contributed by atoms with Gasteiger partial charge in [-0.2, -0.15) is 4.98 Å². The number of rotatable bonds is 4. The summed E-state index contributed by atoms with van der Waals surface area (Å²) < 4.78 is 10.8. The van der Waals surface area contributed by atoms with Crippen LogP contribution < -0.4 is 15.8 Å². The second kappa shape index (κ2) is 5.44. The number of nitrogens with one attached hydrogen (secondary N) is 1. The Bertz CT molecular complexity index is 403. The molecular weight excluding hydrogens is 230 g/mol. The monoisotopic (exact) mass is 251 g/mol. The molecule has 2 rings (SSSR count). The SMILES string of the molecule is CCOc1nc(NC2(C)CCOCC2)ccc1N. The van der Waals surface area contributed by atoms with Gasteiger partial charge in [-0.1, -0.05) is 0 Å². The third-order valence-electron chi connectivity index (χ3n) is 3.20. The minimum absolute atomic E-state index is 0.0326. The lowest BCUT2D eigenvalue weighted by molar-refractivity contribution is 0.0657. The lowest BCUT2D eigenvalue weighted by Gasteiger charge is -2.35. The van der Waals surface area contributed by atoms with Crippen LogP contribution in [0.1, 0.15) is 26.7 Å². The van der Waals surface area contributed by atoms with E-state index in [0.29, 0.717) is 18.2 Å². The maximum Gasteiger partial charge on any atom is 0.239 e. The van der Waals surface area contributed by atoms with Crippen molar-refractivity contribution >= 4 is 11.5 Å². The van der Waals surface area contributed by atoms with Crippen LogP contribution in [0.3, 0.4) is 0 Å². The van der Waals surface area contributed by atoms with Crippen molar-refractivity contribution in [2.45, 2.75) is 32.2 Å². The lowest BCUT2D eigenvalue weighted by atomic mass is 9.92. The van der Waals surface area contributed by atoms with Gasteiger partial charge in [-0.25, -0.2) is 0 Å². The van der Waals surface area contributed by atoms with E-state index < -0.39 is 0 Å². The average molecular weight is 251 g/mol. The molecule has 1 saturated heterocycles. The highest BCUT2D eigenvalue weighted by molar-refractivity contribution is 5.54. The maximum atomic E-state index is 5.81. The van der Waals surface area contributed by atoms with E-state index in [4.69, 9.17) is 15.2 Å². The molecule has 1 aromatic rings. The van der Waals surface area contributed by atoms with Crippen LogP contribution in [0.5, 0.6) is 5.88 Å². The Balaban J connectivity index is 2.10. The summed E-state index contributed by atoms with van der Waals surface area (Å²) in [6.07, 6.45) is 1.95. The van der Waals surface area contributed by atoms with Crippen molar-refractivity contribution in [2.75, 3.05) is 30.9 Å². The van der Waals surface area contributed by atoms with Gasteiger partial charge in [0.2, 0.25) is 5.88 Å². The zero-order chi connectivity index (χ0) is 13.0. The topological polar surface area (TPSA) is 69.4 Å². The number of nitrogen functional groups attached to an aromatic ring is 1. The molecule has 0 saturated carbocycles. The van der Waals surface area contributed by atoms with Crippen LogP contribution in [-0.2, 0) is 4.74 Å². The first kappa shape index (κ1) is 13.0. The number of hydrogen-bond donors (Lipinski definition) is 2. The molecule has 0 radical (unpaired) electrons. The zero-order valence-electron chi connectivity index (χ0n) is 11.0. The van der Waals surface area contributed by atoms with Gasteiger partial charge in [-0.05, 0) is 38.8 Å². The van der Waals surface area contributed by atoms with Crippen molar-refractivity contribution in [1.29, 1.82) is 0 Å². The van der Waals surface area contributed by atoms with E-state index in [9.17, 15) is 0 Å². The number of anilines is 2. The first-order valence-corrected chi connectivity index (χ1v) is 6.38. The van der Waals surface area contributed by atoms with Crippen molar-refractivity contribution in [3.63, 3.8) is 0 Å². The Morgan fingerprint density at radius 1 is 1.44 bits per heavy atom. The van der Waals surface area contributed by atoms with Crippen LogP contribution in [0.25, 0.3) is 0 Å². The van der Waals surface area contributed by atoms with Gasteiger partial charge in [-0.15, -0.1) is 0 Å². The van der Waals surface area contributed by atoms with E-state index in [2.05, 4.69) is 17.2 Å². The predicted molar refractivity (Wildman–Crippen MR) is 71.9 cm³/mol. The number of pyridine rings is 1. The second-order valence-corrected chi connectivity index (χ2v) is 4.82. The summed E-state index contributed by atoms with van der Waals surface area (Å²) in [6, 6.07) is 3.71. The molecular formula is C13H21N3O2. The molecule has 0 aromatic carbocycles. The van der Waals surface area contributed by atoms with Gasteiger partial charge in [0.15, 0.2) is 0 Å². The molecule has 1 aliphatic rings. The molecule has 1 fully saturated rings. The molecule has 0 atom stereocenters. The highest BCUT2D eigenvalue weighted by Gasteiger charge is 2.27. The summed E-state index contributed by atoms with van der Waals surface area (Å²) in [7, 11) is 0. The van der Waals surface area contributed by atoms with E-state index >= 15 is 0 Å². The van der Waals surface area contributed by atoms with Crippen LogP contribution in [0, 0.1) is 0 Å². The van der Waals surface area contributed by atoms with Crippen molar-refractivity contribution in [1.82, 2.24) is 4.98 Å². The Labute approximate surface area is 108 Å². The summed E-state index contributed by atoms with van der Waals surface area (Å²) in [6.45, 7) is 6.24. The molecule has 5 nitrogen and oxygen atoms in total. The fourth-order valence-electron chi connectivity index (χ4n) is 2.03. The van der Waals surface area contributed by atoms with Crippen molar-refractivity contribution in [3.8, 4) is 5.88 Å². The predicted octanol–water partition coefficient (Wildman–Crippen LogP) is 2.04. The van der Waals surface area contributed by atoms with Crippen LogP contribution >= 0.6 is 0 Å². The number of ether oxygens (including phenoxy) is 2. The minimum Gasteiger partial charge on any atom is -0.476 e. The van der Waals surface area contributed by atoms with Gasteiger partial charge in [0.25, 0.3) is 0 Å². The average Bonchev–Trinajstić information content (AvgIpc) is 2.34. The van der Waals surface area contributed by atoms with Crippen molar-refractivity contribution in [2.24, 2.45) is 0 Å². The third kappa shape index (κ3) is 3.04. The number of aromatic nitrogens is 1. The fraction of sp³-hybridized carbons (Fsp3) is 0.615. The molecule has 3 N–H and O–H groups in total. The molecule has 1 aromatic heterocycles. The first-order valence-electron chi connectivity index (χ1n) is 6.38. The van der Waals surface area contributed by atoms with Gasteiger partial charge in [-0.3, -0.25) is 0 Å². The number of hydrogen-bond acceptors (Lipinski definition) is 5. The number of nitrogens with two attached hydrogens (primary N) is 1. The fourth-order valence-corrected chi connectivity index (χ4v) is 2.03. The molecule has 0 aliphatic carbocycles. The van der Waals surface area contributed by atoms with Crippen molar-refractivity contribution in [3.05, 3.63) is 12.1 Å². The van der Waals surface area contributed by atoms with Gasteiger partial charge >= 0.3 is 0 Å². The number of nitrogens with zero attached hydrogens (tertiary/aromatic N) is 1.